The van der Waals surface area contributed by atoms with E-state index in [0.717, 1.165) is 9.87 Å². The molecule has 0 unspecified atom stereocenters. The number of nitrogens with one attached hydrogen (secondary N) is 2. The molecule has 1 fully saturated rings. The maximum atomic E-state index is 12.9. The second-order valence-corrected chi connectivity index (χ2v) is 9.83. The van der Waals surface area contributed by atoms with Gasteiger partial charge in [0.2, 0.25) is 5.91 Å². The Labute approximate surface area is 183 Å². The predicted molar refractivity (Wildman–Crippen MR) is 120 cm³/mol. The number of anilines is 1. The summed E-state index contributed by atoms with van der Waals surface area (Å²) in [4.78, 5) is 25.6. The molecule has 2 aromatic rings. The first-order valence-corrected chi connectivity index (χ1v) is 11.6. The van der Waals surface area contributed by atoms with Crippen LogP contribution in [0.15, 0.2) is 54.6 Å². The molecule has 0 aromatic heterocycles. The van der Waals surface area contributed by atoms with Gasteiger partial charge in [-0.05, 0) is 30.5 Å². The molecule has 0 saturated carbocycles. The highest BCUT2D eigenvalue weighted by molar-refractivity contribution is 7.86. The van der Waals surface area contributed by atoms with E-state index in [1.807, 2.05) is 30.3 Å². The number of hydrogen-bond acceptors (Lipinski definition) is 4. The summed E-state index contributed by atoms with van der Waals surface area (Å²) in [5, 5.41) is 5.69. The molecular weight excluding hydrogens is 416 g/mol. The van der Waals surface area contributed by atoms with Crippen LogP contribution >= 0.6 is 0 Å². The summed E-state index contributed by atoms with van der Waals surface area (Å²) in [5.74, 6) is -1.06. The van der Waals surface area contributed by atoms with E-state index in [-0.39, 0.29) is 18.4 Å². The van der Waals surface area contributed by atoms with Gasteiger partial charge in [0.25, 0.3) is 16.1 Å². The van der Waals surface area contributed by atoms with E-state index in [4.69, 9.17) is 0 Å². The van der Waals surface area contributed by atoms with Gasteiger partial charge in [-0.25, -0.2) is 0 Å². The fourth-order valence-corrected chi connectivity index (χ4v) is 4.69. The molecule has 1 saturated heterocycles. The molecule has 3 rings (SSSR count). The molecule has 1 atom stereocenters. The monoisotopic (exact) mass is 444 g/mol. The van der Waals surface area contributed by atoms with Gasteiger partial charge in [-0.1, -0.05) is 42.5 Å². The first-order chi connectivity index (χ1) is 14.8. The lowest BCUT2D eigenvalue weighted by molar-refractivity contribution is -0.120. The third-order valence-electron chi connectivity index (χ3n) is 5.27. The van der Waals surface area contributed by atoms with E-state index in [0.29, 0.717) is 37.2 Å². The summed E-state index contributed by atoms with van der Waals surface area (Å²) >= 11 is 0. The van der Waals surface area contributed by atoms with E-state index >= 15 is 0 Å². The topological polar surface area (TPSA) is 98.8 Å². The van der Waals surface area contributed by atoms with Crippen LogP contribution in [0.3, 0.4) is 0 Å². The zero-order valence-corrected chi connectivity index (χ0v) is 18.6. The standard InChI is InChI=1S/C22H28N4O4S/c1-25(2)31(29,30)26-14-8-11-18(16-26)21(27)24-20-13-7-6-12-19(20)22(28)23-15-17-9-4-3-5-10-17/h3-7,9-10,12-13,18H,8,11,14-16H2,1-2H3,(H,23,28)(H,24,27)/t18-/m1/s1. The molecule has 2 aromatic carbocycles. The van der Waals surface area contributed by atoms with Gasteiger partial charge in [0.15, 0.2) is 0 Å². The van der Waals surface area contributed by atoms with Gasteiger partial charge in [0, 0.05) is 33.7 Å². The third-order valence-corrected chi connectivity index (χ3v) is 7.18. The predicted octanol–water partition coefficient (Wildman–Crippen LogP) is 2.07. The Morgan fingerprint density at radius 3 is 2.45 bits per heavy atom. The molecule has 1 aliphatic rings. The molecule has 0 spiro atoms. The average molecular weight is 445 g/mol. The van der Waals surface area contributed by atoms with Crippen molar-refractivity contribution in [2.45, 2.75) is 19.4 Å². The first-order valence-electron chi connectivity index (χ1n) is 10.2. The lowest BCUT2D eigenvalue weighted by atomic mass is 9.98. The number of hydrogen-bond donors (Lipinski definition) is 2. The largest absolute Gasteiger partial charge is 0.348 e. The van der Waals surface area contributed by atoms with Crippen LogP contribution in [0.1, 0.15) is 28.8 Å². The zero-order chi connectivity index (χ0) is 22.4. The molecule has 166 valence electrons. The smallest absolute Gasteiger partial charge is 0.281 e. The van der Waals surface area contributed by atoms with Crippen molar-refractivity contribution in [2.75, 3.05) is 32.5 Å². The first kappa shape index (κ1) is 22.9. The minimum atomic E-state index is -3.57. The van der Waals surface area contributed by atoms with E-state index < -0.39 is 16.1 Å². The van der Waals surface area contributed by atoms with Crippen molar-refractivity contribution in [3.8, 4) is 0 Å². The van der Waals surface area contributed by atoms with Gasteiger partial charge in [0.05, 0.1) is 17.2 Å². The maximum Gasteiger partial charge on any atom is 0.281 e. The Balaban J connectivity index is 1.67. The second kappa shape index (κ2) is 10.0. The average Bonchev–Trinajstić information content (AvgIpc) is 2.78. The fraction of sp³-hybridized carbons (Fsp3) is 0.364. The van der Waals surface area contributed by atoms with Gasteiger partial charge in [-0.3, -0.25) is 9.59 Å². The number of piperidine rings is 1. The van der Waals surface area contributed by atoms with Crippen LogP contribution in [0.5, 0.6) is 0 Å². The molecule has 0 bridgehead atoms. The second-order valence-electron chi connectivity index (χ2n) is 7.69. The minimum absolute atomic E-state index is 0.120. The molecule has 2 amide bonds. The molecular formula is C22H28N4O4S. The number of para-hydroxylation sites is 1. The Bertz CT molecular complexity index is 1020. The molecule has 0 radical (unpaired) electrons. The van der Waals surface area contributed by atoms with Gasteiger partial charge in [-0.15, -0.1) is 0 Å². The van der Waals surface area contributed by atoms with Crippen molar-refractivity contribution in [1.29, 1.82) is 0 Å². The van der Waals surface area contributed by atoms with Gasteiger partial charge in [0.1, 0.15) is 0 Å². The number of amides is 2. The van der Waals surface area contributed by atoms with Gasteiger partial charge >= 0.3 is 0 Å². The maximum absolute atomic E-state index is 12.9. The summed E-state index contributed by atoms with van der Waals surface area (Å²) in [5.41, 5.74) is 1.74. The normalized spacial score (nSPS) is 17.3. The number of carbonyl (C=O) groups is 2. The lowest BCUT2D eigenvalue weighted by Crippen LogP contribution is -2.47. The summed E-state index contributed by atoms with van der Waals surface area (Å²) < 4.78 is 27.3. The van der Waals surface area contributed by atoms with Crippen molar-refractivity contribution < 1.29 is 18.0 Å². The van der Waals surface area contributed by atoms with Crippen molar-refractivity contribution in [3.05, 3.63) is 65.7 Å². The number of rotatable bonds is 7. The van der Waals surface area contributed by atoms with Gasteiger partial charge in [-0.2, -0.15) is 17.0 Å². The molecule has 8 nitrogen and oxygen atoms in total. The SMILES string of the molecule is CN(C)S(=O)(=O)N1CCC[C@@H](C(=O)Nc2ccccc2C(=O)NCc2ccccc2)C1. The Morgan fingerprint density at radius 1 is 1.06 bits per heavy atom. The lowest BCUT2D eigenvalue weighted by Gasteiger charge is -2.32. The molecule has 9 heteroatoms. The van der Waals surface area contributed by atoms with Crippen LogP contribution < -0.4 is 10.6 Å². The molecule has 2 N–H and O–H groups in total. The molecule has 0 aliphatic carbocycles. The van der Waals surface area contributed by atoms with Crippen LogP contribution in [-0.4, -0.2) is 56.0 Å². The van der Waals surface area contributed by atoms with E-state index in [2.05, 4.69) is 10.6 Å². The van der Waals surface area contributed by atoms with Crippen LogP contribution in [-0.2, 0) is 21.5 Å². The zero-order valence-electron chi connectivity index (χ0n) is 17.7. The van der Waals surface area contributed by atoms with E-state index in [9.17, 15) is 18.0 Å². The third kappa shape index (κ3) is 5.69. The van der Waals surface area contributed by atoms with Crippen molar-refractivity contribution >= 4 is 27.7 Å². The number of nitrogens with zero attached hydrogens (tertiary/aromatic N) is 2. The van der Waals surface area contributed by atoms with Crippen LogP contribution in [0, 0.1) is 5.92 Å². The van der Waals surface area contributed by atoms with Crippen LogP contribution in [0.4, 0.5) is 5.69 Å². The quantitative estimate of drug-likeness (QED) is 0.683. The van der Waals surface area contributed by atoms with Crippen molar-refractivity contribution in [3.63, 3.8) is 0 Å². The fourth-order valence-electron chi connectivity index (χ4n) is 3.50. The summed E-state index contributed by atoms with van der Waals surface area (Å²) in [6.07, 6.45) is 1.19. The Morgan fingerprint density at radius 2 is 1.74 bits per heavy atom. The van der Waals surface area contributed by atoms with Crippen molar-refractivity contribution in [2.24, 2.45) is 5.92 Å². The van der Waals surface area contributed by atoms with Crippen molar-refractivity contribution in [1.82, 2.24) is 13.9 Å². The highest BCUT2D eigenvalue weighted by Gasteiger charge is 2.33. The number of carbonyl (C=O) groups excluding carboxylic acids is 2. The summed E-state index contributed by atoms with van der Waals surface area (Å²) in [6.45, 7) is 0.888. The Hall–Kier alpha value is -2.75. The van der Waals surface area contributed by atoms with E-state index in [1.54, 1.807) is 24.3 Å². The van der Waals surface area contributed by atoms with E-state index in [1.165, 1.54) is 18.4 Å². The minimum Gasteiger partial charge on any atom is -0.348 e. The van der Waals surface area contributed by atoms with Crippen LogP contribution in [0.25, 0.3) is 0 Å². The summed E-state index contributed by atoms with van der Waals surface area (Å²) in [6, 6.07) is 16.4. The molecule has 31 heavy (non-hydrogen) atoms. The highest BCUT2D eigenvalue weighted by Crippen LogP contribution is 2.23. The van der Waals surface area contributed by atoms with Crippen LogP contribution in [0.2, 0.25) is 0 Å². The molecule has 1 aliphatic heterocycles. The number of benzene rings is 2. The Kier molecular flexibility index (Phi) is 7.42. The highest BCUT2D eigenvalue weighted by atomic mass is 32.2. The summed E-state index contributed by atoms with van der Waals surface area (Å²) in [7, 11) is -0.621. The van der Waals surface area contributed by atoms with Gasteiger partial charge < -0.3 is 10.6 Å². The molecule has 1 heterocycles.